The van der Waals surface area contributed by atoms with Crippen LogP contribution in [0.4, 0.5) is 0 Å². The predicted molar refractivity (Wildman–Crippen MR) is 44.7 cm³/mol. The molecule has 0 saturated heterocycles. The lowest BCUT2D eigenvalue weighted by Gasteiger charge is -2.03. The van der Waals surface area contributed by atoms with E-state index in [1.165, 1.54) is 19.3 Å². The molecule has 1 unspecified atom stereocenters. The summed E-state index contributed by atoms with van der Waals surface area (Å²) in [5.41, 5.74) is 5.32. The summed E-state index contributed by atoms with van der Waals surface area (Å²) < 4.78 is 0. The second-order valence-electron chi connectivity index (χ2n) is 3.26. The van der Waals surface area contributed by atoms with Gasteiger partial charge >= 0.3 is 0 Å². The van der Waals surface area contributed by atoms with Crippen molar-refractivity contribution in [2.24, 2.45) is 17.6 Å². The van der Waals surface area contributed by atoms with Gasteiger partial charge in [0.05, 0.1) is 0 Å². The highest BCUT2D eigenvalue weighted by Gasteiger charge is 2.26. The molecule has 0 amide bonds. The summed E-state index contributed by atoms with van der Waals surface area (Å²) in [6, 6.07) is 0. The molecule has 0 heterocycles. The maximum absolute atomic E-state index is 5.32. The Morgan fingerprint density at radius 3 is 2.70 bits per heavy atom. The molecule has 1 atom stereocenters. The highest BCUT2D eigenvalue weighted by Crippen LogP contribution is 2.38. The fourth-order valence-corrected chi connectivity index (χ4v) is 1.26. The molecule has 58 valence electrons. The van der Waals surface area contributed by atoms with E-state index in [0.717, 1.165) is 11.8 Å². The van der Waals surface area contributed by atoms with Gasteiger partial charge in [0.2, 0.25) is 0 Å². The second-order valence-corrected chi connectivity index (χ2v) is 3.26. The van der Waals surface area contributed by atoms with Crippen LogP contribution >= 0.6 is 0 Å². The molecule has 0 aromatic rings. The Balaban J connectivity index is 2.05. The van der Waals surface area contributed by atoms with Gasteiger partial charge in [-0.2, -0.15) is 0 Å². The van der Waals surface area contributed by atoms with Gasteiger partial charge in [-0.15, -0.1) is 0 Å². The third-order valence-electron chi connectivity index (χ3n) is 2.24. The molecule has 0 aliphatic heterocycles. The number of rotatable bonds is 4. The zero-order chi connectivity index (χ0) is 7.40. The standard InChI is InChI=1S/C9H17N/c1-8(9-5-6-9)4-2-3-7-10/h2-3,8-9H,4-7,10H2,1H3/b3-2+. The first kappa shape index (κ1) is 7.80. The van der Waals surface area contributed by atoms with Gasteiger partial charge in [-0.3, -0.25) is 0 Å². The van der Waals surface area contributed by atoms with Crippen molar-refractivity contribution in [3.63, 3.8) is 0 Å². The normalized spacial score (nSPS) is 21.8. The minimum absolute atomic E-state index is 0.692. The monoisotopic (exact) mass is 139 g/mol. The summed E-state index contributed by atoms with van der Waals surface area (Å²) in [5, 5.41) is 0. The van der Waals surface area contributed by atoms with Gasteiger partial charge in [-0.05, 0) is 31.1 Å². The summed E-state index contributed by atoms with van der Waals surface area (Å²) in [7, 11) is 0. The van der Waals surface area contributed by atoms with Crippen molar-refractivity contribution in [1.29, 1.82) is 0 Å². The van der Waals surface area contributed by atoms with Crippen LogP contribution in [0.2, 0.25) is 0 Å². The van der Waals surface area contributed by atoms with Crippen molar-refractivity contribution >= 4 is 0 Å². The first-order chi connectivity index (χ1) is 4.84. The Kier molecular flexibility index (Phi) is 2.94. The van der Waals surface area contributed by atoms with Crippen LogP contribution < -0.4 is 5.73 Å². The Morgan fingerprint density at radius 1 is 1.50 bits per heavy atom. The highest BCUT2D eigenvalue weighted by molar-refractivity contribution is 4.88. The van der Waals surface area contributed by atoms with E-state index in [1.54, 1.807) is 0 Å². The maximum Gasteiger partial charge on any atom is 0.0106 e. The molecule has 1 aliphatic rings. The molecule has 0 aromatic heterocycles. The number of hydrogen-bond acceptors (Lipinski definition) is 1. The number of hydrogen-bond donors (Lipinski definition) is 1. The van der Waals surface area contributed by atoms with Crippen LogP contribution in [0.5, 0.6) is 0 Å². The van der Waals surface area contributed by atoms with Crippen LogP contribution in [0, 0.1) is 11.8 Å². The average molecular weight is 139 g/mol. The van der Waals surface area contributed by atoms with Gasteiger partial charge in [0.1, 0.15) is 0 Å². The molecule has 0 aromatic carbocycles. The fourth-order valence-electron chi connectivity index (χ4n) is 1.26. The van der Waals surface area contributed by atoms with Gasteiger partial charge in [0.25, 0.3) is 0 Å². The molecule has 1 fully saturated rings. The summed E-state index contributed by atoms with van der Waals surface area (Å²) in [6.45, 7) is 3.02. The van der Waals surface area contributed by atoms with Gasteiger partial charge in [-0.1, -0.05) is 19.1 Å². The zero-order valence-corrected chi connectivity index (χ0v) is 6.72. The maximum atomic E-state index is 5.32. The van der Waals surface area contributed by atoms with Crippen molar-refractivity contribution < 1.29 is 0 Å². The SMILES string of the molecule is CC(C/C=C/CN)C1CC1. The van der Waals surface area contributed by atoms with Gasteiger partial charge in [-0.25, -0.2) is 0 Å². The lowest BCUT2D eigenvalue weighted by molar-refractivity contribution is 0.516. The van der Waals surface area contributed by atoms with Crippen LogP contribution in [-0.4, -0.2) is 6.54 Å². The topological polar surface area (TPSA) is 26.0 Å². The largest absolute Gasteiger partial charge is 0.327 e. The van der Waals surface area contributed by atoms with Crippen LogP contribution in [0.3, 0.4) is 0 Å². The second kappa shape index (κ2) is 3.77. The van der Waals surface area contributed by atoms with Crippen molar-refractivity contribution in [3.8, 4) is 0 Å². The van der Waals surface area contributed by atoms with E-state index >= 15 is 0 Å². The molecular formula is C9H17N. The summed E-state index contributed by atoms with van der Waals surface area (Å²) in [6.07, 6.45) is 8.40. The minimum Gasteiger partial charge on any atom is -0.327 e. The van der Waals surface area contributed by atoms with Crippen LogP contribution in [0.1, 0.15) is 26.2 Å². The summed E-state index contributed by atoms with van der Waals surface area (Å²) >= 11 is 0. The Morgan fingerprint density at radius 2 is 2.20 bits per heavy atom. The first-order valence-electron chi connectivity index (χ1n) is 4.19. The first-order valence-corrected chi connectivity index (χ1v) is 4.19. The molecule has 1 aliphatic carbocycles. The molecule has 0 bridgehead atoms. The lowest BCUT2D eigenvalue weighted by atomic mass is 10.0. The Hall–Kier alpha value is -0.300. The summed E-state index contributed by atoms with van der Waals surface area (Å²) in [4.78, 5) is 0. The molecule has 0 spiro atoms. The van der Waals surface area contributed by atoms with Crippen molar-refractivity contribution in [1.82, 2.24) is 0 Å². The van der Waals surface area contributed by atoms with E-state index in [4.69, 9.17) is 5.73 Å². The smallest absolute Gasteiger partial charge is 0.0106 e. The van der Waals surface area contributed by atoms with Crippen LogP contribution in [0.25, 0.3) is 0 Å². The fraction of sp³-hybridized carbons (Fsp3) is 0.778. The zero-order valence-electron chi connectivity index (χ0n) is 6.72. The molecule has 1 heteroatoms. The van der Waals surface area contributed by atoms with Gasteiger partial charge in [0, 0.05) is 6.54 Å². The van der Waals surface area contributed by atoms with Crippen LogP contribution in [-0.2, 0) is 0 Å². The third-order valence-corrected chi connectivity index (χ3v) is 2.24. The van der Waals surface area contributed by atoms with Crippen molar-refractivity contribution in [2.75, 3.05) is 6.54 Å². The Labute approximate surface area is 63.3 Å². The molecule has 0 radical (unpaired) electrons. The highest BCUT2D eigenvalue weighted by atomic mass is 14.5. The quantitative estimate of drug-likeness (QED) is 0.592. The van der Waals surface area contributed by atoms with E-state index in [9.17, 15) is 0 Å². The average Bonchev–Trinajstić information content (AvgIpc) is 2.69. The molecule has 1 saturated carbocycles. The van der Waals surface area contributed by atoms with E-state index < -0.39 is 0 Å². The van der Waals surface area contributed by atoms with Crippen molar-refractivity contribution in [2.45, 2.75) is 26.2 Å². The van der Waals surface area contributed by atoms with E-state index in [1.807, 2.05) is 0 Å². The van der Waals surface area contributed by atoms with E-state index in [-0.39, 0.29) is 0 Å². The molecule has 1 nitrogen and oxygen atoms in total. The molecule has 1 rings (SSSR count). The molecule has 10 heavy (non-hydrogen) atoms. The van der Waals surface area contributed by atoms with Crippen LogP contribution in [0.15, 0.2) is 12.2 Å². The van der Waals surface area contributed by atoms with Gasteiger partial charge in [0.15, 0.2) is 0 Å². The minimum atomic E-state index is 0.692. The lowest BCUT2D eigenvalue weighted by Crippen LogP contribution is -1.96. The predicted octanol–water partition coefficient (Wildman–Crippen LogP) is 1.94. The molecule has 2 N–H and O–H groups in total. The number of nitrogens with two attached hydrogens (primary N) is 1. The van der Waals surface area contributed by atoms with Gasteiger partial charge < -0.3 is 5.73 Å². The number of allylic oxidation sites excluding steroid dienone is 1. The summed E-state index contributed by atoms with van der Waals surface area (Å²) in [5.74, 6) is 1.92. The van der Waals surface area contributed by atoms with E-state index in [0.29, 0.717) is 6.54 Å². The third kappa shape index (κ3) is 2.53. The molecular weight excluding hydrogens is 122 g/mol. The van der Waals surface area contributed by atoms with Crippen molar-refractivity contribution in [3.05, 3.63) is 12.2 Å². The van der Waals surface area contributed by atoms with E-state index in [2.05, 4.69) is 19.1 Å². The Bertz CT molecular complexity index is 114.